The van der Waals surface area contributed by atoms with E-state index in [1.54, 1.807) is 24.1 Å². The van der Waals surface area contributed by atoms with Crippen LogP contribution in [0.3, 0.4) is 0 Å². The minimum absolute atomic E-state index is 0.00621. The van der Waals surface area contributed by atoms with Gasteiger partial charge in [-0.3, -0.25) is 23.6 Å². The number of nitrogens with zero attached hydrogens (tertiary/aromatic N) is 5. The lowest BCUT2D eigenvalue weighted by atomic mass is 10.0. The normalized spacial score (nSPS) is 14.0. The number of carbonyl (C=O) groups is 2. The van der Waals surface area contributed by atoms with Crippen molar-refractivity contribution in [2.45, 2.75) is 38.8 Å². The van der Waals surface area contributed by atoms with Gasteiger partial charge in [0.2, 0.25) is 0 Å². The second-order valence-electron chi connectivity index (χ2n) is 10.2. The molecule has 10 nitrogen and oxygen atoms in total. The van der Waals surface area contributed by atoms with Crippen LogP contribution < -0.4 is 10.9 Å². The second kappa shape index (κ2) is 10.9. The van der Waals surface area contributed by atoms with Crippen LogP contribution in [0.4, 0.5) is 0 Å². The average Bonchev–Trinajstić information content (AvgIpc) is 3.40. The Balaban J connectivity index is 1.38. The van der Waals surface area contributed by atoms with Crippen LogP contribution in [-0.2, 0) is 14.3 Å². The molecule has 1 N–H and O–H groups in total. The van der Waals surface area contributed by atoms with Gasteiger partial charge in [-0.15, -0.1) is 0 Å². The fraction of sp³-hybridized carbons (Fsp3) is 0.300. The minimum atomic E-state index is -0.717. The average molecular weight is 541 g/mol. The Hall–Kier alpha value is -4.57. The summed E-state index contributed by atoms with van der Waals surface area (Å²) >= 11 is 0. The summed E-state index contributed by atoms with van der Waals surface area (Å²) in [6, 6.07) is 11.5. The van der Waals surface area contributed by atoms with Crippen LogP contribution in [0, 0.1) is 0 Å². The van der Waals surface area contributed by atoms with Gasteiger partial charge >= 0.3 is 0 Å². The van der Waals surface area contributed by atoms with Gasteiger partial charge in [0.1, 0.15) is 12.0 Å². The molecule has 0 radical (unpaired) electrons. The molecule has 2 aromatic carbocycles. The Morgan fingerprint density at radius 3 is 2.62 bits per heavy atom. The summed E-state index contributed by atoms with van der Waals surface area (Å²) in [5.74, 6) is -1.12. The Kier molecular flexibility index (Phi) is 7.36. The maximum absolute atomic E-state index is 13.4. The SMILES string of the molecule is C=C(NC(=O)C(=C)n1cnc2c(-c3ccc4nn(C(C)C)cc4c3)cccc2c1=O)C(=O)N(C)C1CCOCC1. The van der Waals surface area contributed by atoms with Gasteiger partial charge in [-0.05, 0) is 50.5 Å². The summed E-state index contributed by atoms with van der Waals surface area (Å²) in [5.41, 5.74) is 2.35. The van der Waals surface area contributed by atoms with Crippen LogP contribution in [0.1, 0.15) is 32.7 Å². The van der Waals surface area contributed by atoms with Gasteiger partial charge in [0, 0.05) is 49.5 Å². The molecule has 0 spiro atoms. The monoisotopic (exact) mass is 540 g/mol. The first-order valence-corrected chi connectivity index (χ1v) is 13.2. The minimum Gasteiger partial charge on any atom is -0.381 e. The number of likely N-dealkylation sites (N-methyl/N-ethyl adjacent to an activating group) is 1. The lowest BCUT2D eigenvalue weighted by molar-refractivity contribution is -0.131. The number of carbonyl (C=O) groups excluding carboxylic acids is 2. The third-order valence-electron chi connectivity index (χ3n) is 7.28. The molecule has 1 saturated heterocycles. The highest BCUT2D eigenvalue weighted by Gasteiger charge is 2.25. The zero-order valence-corrected chi connectivity index (χ0v) is 22.9. The molecule has 206 valence electrons. The molecule has 0 unspecified atom stereocenters. The Labute approximate surface area is 231 Å². The van der Waals surface area contributed by atoms with Crippen molar-refractivity contribution in [3.05, 3.63) is 78.1 Å². The van der Waals surface area contributed by atoms with Crippen molar-refractivity contribution in [3.8, 4) is 11.1 Å². The standard InChI is InChI=1S/C30H32N6O4/c1-18(2)36-16-22-15-21(9-10-26(22)33-36)24-7-6-8-25-27(24)31-17-35(30(25)39)20(4)28(37)32-19(3)29(38)34(5)23-11-13-40-14-12-23/h6-10,15-18,23H,3-4,11-14H2,1-2,5H3,(H,32,37). The van der Waals surface area contributed by atoms with Crippen LogP contribution in [0.25, 0.3) is 38.6 Å². The van der Waals surface area contributed by atoms with Gasteiger partial charge in [-0.25, -0.2) is 4.98 Å². The van der Waals surface area contributed by atoms with E-state index in [0.717, 1.165) is 26.6 Å². The van der Waals surface area contributed by atoms with Crippen molar-refractivity contribution >= 4 is 39.3 Å². The fourth-order valence-corrected chi connectivity index (χ4v) is 4.88. The number of benzene rings is 2. The Morgan fingerprint density at radius 2 is 1.90 bits per heavy atom. The van der Waals surface area contributed by atoms with Gasteiger partial charge in [-0.2, -0.15) is 5.10 Å². The van der Waals surface area contributed by atoms with Crippen LogP contribution >= 0.6 is 0 Å². The van der Waals surface area contributed by atoms with Crippen LogP contribution in [0.15, 0.2) is 72.6 Å². The molecule has 10 heteroatoms. The van der Waals surface area contributed by atoms with E-state index in [1.165, 1.54) is 6.33 Å². The van der Waals surface area contributed by atoms with Gasteiger partial charge in [0.25, 0.3) is 17.4 Å². The fourth-order valence-electron chi connectivity index (χ4n) is 4.88. The van der Waals surface area contributed by atoms with E-state index in [-0.39, 0.29) is 23.5 Å². The third kappa shape index (κ3) is 5.05. The molecule has 2 aromatic heterocycles. The number of nitrogens with one attached hydrogen (secondary N) is 1. The topological polar surface area (TPSA) is 111 Å². The van der Waals surface area contributed by atoms with E-state index in [2.05, 4.69) is 42.4 Å². The van der Waals surface area contributed by atoms with Crippen molar-refractivity contribution in [1.29, 1.82) is 0 Å². The zero-order chi connectivity index (χ0) is 28.6. The van der Waals surface area contributed by atoms with Crippen molar-refractivity contribution in [1.82, 2.24) is 29.5 Å². The summed E-state index contributed by atoms with van der Waals surface area (Å²) in [7, 11) is 1.67. The van der Waals surface area contributed by atoms with E-state index >= 15 is 0 Å². The molecule has 4 aromatic rings. The molecular weight excluding hydrogens is 508 g/mol. The maximum atomic E-state index is 13.4. The third-order valence-corrected chi connectivity index (χ3v) is 7.28. The molecule has 0 bridgehead atoms. The molecule has 1 aliphatic rings. The summed E-state index contributed by atoms with van der Waals surface area (Å²) in [4.78, 5) is 45.3. The summed E-state index contributed by atoms with van der Waals surface area (Å²) in [6.07, 6.45) is 4.71. The lowest BCUT2D eigenvalue weighted by Gasteiger charge is -2.31. The Bertz CT molecular complexity index is 1710. The number of aromatic nitrogens is 4. The van der Waals surface area contributed by atoms with E-state index in [1.807, 2.05) is 35.1 Å². The first-order chi connectivity index (χ1) is 19.2. The number of amides is 2. The van der Waals surface area contributed by atoms with Crippen LogP contribution in [-0.4, -0.2) is 62.3 Å². The van der Waals surface area contributed by atoms with Crippen molar-refractivity contribution in [2.24, 2.45) is 0 Å². The van der Waals surface area contributed by atoms with Gasteiger partial charge < -0.3 is 15.0 Å². The van der Waals surface area contributed by atoms with E-state index < -0.39 is 17.4 Å². The van der Waals surface area contributed by atoms with Gasteiger partial charge in [-0.1, -0.05) is 31.4 Å². The first kappa shape index (κ1) is 27.0. The first-order valence-electron chi connectivity index (χ1n) is 13.2. The highest BCUT2D eigenvalue weighted by Crippen LogP contribution is 2.29. The quantitative estimate of drug-likeness (QED) is 0.358. The van der Waals surface area contributed by atoms with Crippen LogP contribution in [0.2, 0.25) is 0 Å². The molecule has 0 saturated carbocycles. The molecule has 0 atom stereocenters. The van der Waals surface area contributed by atoms with E-state index in [0.29, 0.717) is 37.0 Å². The van der Waals surface area contributed by atoms with Crippen molar-refractivity contribution in [3.63, 3.8) is 0 Å². The predicted molar refractivity (Wildman–Crippen MR) is 154 cm³/mol. The van der Waals surface area contributed by atoms with E-state index in [9.17, 15) is 14.4 Å². The second-order valence-corrected chi connectivity index (χ2v) is 10.2. The molecule has 5 rings (SSSR count). The van der Waals surface area contributed by atoms with Crippen LogP contribution in [0.5, 0.6) is 0 Å². The highest BCUT2D eigenvalue weighted by atomic mass is 16.5. The number of ether oxygens (including phenoxy) is 1. The maximum Gasteiger partial charge on any atom is 0.272 e. The summed E-state index contributed by atoms with van der Waals surface area (Å²) in [5, 5.41) is 8.41. The van der Waals surface area contributed by atoms with Gasteiger partial charge in [0.15, 0.2) is 0 Å². The Morgan fingerprint density at radius 1 is 1.15 bits per heavy atom. The number of rotatable bonds is 7. The molecule has 40 heavy (non-hydrogen) atoms. The summed E-state index contributed by atoms with van der Waals surface area (Å²) < 4.78 is 8.35. The highest BCUT2D eigenvalue weighted by molar-refractivity contribution is 6.15. The number of para-hydroxylation sites is 1. The molecule has 3 heterocycles. The largest absolute Gasteiger partial charge is 0.381 e. The van der Waals surface area contributed by atoms with Crippen molar-refractivity contribution < 1.29 is 14.3 Å². The molecule has 1 aliphatic heterocycles. The van der Waals surface area contributed by atoms with E-state index in [4.69, 9.17) is 4.74 Å². The molecule has 0 aliphatic carbocycles. The smallest absolute Gasteiger partial charge is 0.272 e. The number of hydrogen-bond donors (Lipinski definition) is 1. The predicted octanol–water partition coefficient (Wildman–Crippen LogP) is 3.73. The lowest BCUT2D eigenvalue weighted by Crippen LogP contribution is -2.44. The number of hydrogen-bond acceptors (Lipinski definition) is 6. The van der Waals surface area contributed by atoms with Gasteiger partial charge in [0.05, 0.1) is 22.1 Å². The molecule has 2 amide bonds. The zero-order valence-electron chi connectivity index (χ0n) is 22.9. The molecular formula is C30H32N6O4. The summed E-state index contributed by atoms with van der Waals surface area (Å²) in [6.45, 7) is 12.8. The number of fused-ring (bicyclic) bond motifs is 2. The van der Waals surface area contributed by atoms with Crippen molar-refractivity contribution in [2.75, 3.05) is 20.3 Å². The molecule has 1 fully saturated rings.